The van der Waals surface area contributed by atoms with Crippen molar-refractivity contribution >= 4 is 11.3 Å². The smallest absolute Gasteiger partial charge is 0.125 e. The van der Waals surface area contributed by atoms with E-state index in [0.717, 1.165) is 22.4 Å². The van der Waals surface area contributed by atoms with Crippen molar-refractivity contribution in [2.45, 2.75) is 26.5 Å². The fourth-order valence-corrected chi connectivity index (χ4v) is 3.51. The van der Waals surface area contributed by atoms with Crippen LogP contribution < -0.4 is 10.5 Å². The summed E-state index contributed by atoms with van der Waals surface area (Å²) in [7, 11) is 0. The second-order valence-electron chi connectivity index (χ2n) is 5.75. The molecule has 0 amide bonds. The molecule has 1 atom stereocenters. The van der Waals surface area contributed by atoms with Crippen molar-refractivity contribution in [2.24, 2.45) is 5.73 Å². The summed E-state index contributed by atoms with van der Waals surface area (Å²) in [6.45, 7) is 4.74. The van der Waals surface area contributed by atoms with Crippen LogP contribution in [0.2, 0.25) is 0 Å². The Morgan fingerprint density at radius 3 is 2.30 bits per heavy atom. The summed E-state index contributed by atoms with van der Waals surface area (Å²) in [5, 5.41) is 2.06. The number of aryl methyl sites for hydroxylation is 2. The molecular weight excluding hydrogens is 302 g/mol. The van der Waals surface area contributed by atoms with E-state index in [9.17, 15) is 0 Å². The van der Waals surface area contributed by atoms with E-state index in [4.69, 9.17) is 10.5 Å². The minimum absolute atomic E-state index is 0.0735. The maximum atomic E-state index is 6.38. The third-order valence-electron chi connectivity index (χ3n) is 3.92. The van der Waals surface area contributed by atoms with Gasteiger partial charge >= 0.3 is 0 Å². The lowest BCUT2D eigenvalue weighted by molar-refractivity contribution is 0.302. The number of hydrogen-bond acceptors (Lipinski definition) is 3. The summed E-state index contributed by atoms with van der Waals surface area (Å²) < 4.78 is 6.04. The molecule has 0 radical (unpaired) electrons. The minimum atomic E-state index is -0.0735. The van der Waals surface area contributed by atoms with Gasteiger partial charge in [-0.25, -0.2) is 0 Å². The van der Waals surface area contributed by atoms with Crippen LogP contribution >= 0.6 is 11.3 Å². The van der Waals surface area contributed by atoms with Gasteiger partial charge in [0.1, 0.15) is 12.4 Å². The zero-order chi connectivity index (χ0) is 16.2. The second-order valence-corrected chi connectivity index (χ2v) is 6.73. The fraction of sp³-hybridized carbons (Fsp3) is 0.200. The number of ether oxygens (including phenoxy) is 1. The Hall–Kier alpha value is -2.10. The highest BCUT2D eigenvalue weighted by atomic mass is 32.1. The van der Waals surface area contributed by atoms with Crippen molar-refractivity contribution in [3.8, 4) is 5.75 Å². The van der Waals surface area contributed by atoms with Gasteiger partial charge in [-0.3, -0.25) is 0 Å². The zero-order valence-electron chi connectivity index (χ0n) is 13.5. The number of thiophene rings is 1. The lowest BCUT2D eigenvalue weighted by atomic mass is 10.00. The summed E-state index contributed by atoms with van der Waals surface area (Å²) >= 11 is 1.69. The Labute approximate surface area is 141 Å². The maximum Gasteiger partial charge on any atom is 0.125 e. The van der Waals surface area contributed by atoms with E-state index in [1.165, 1.54) is 10.4 Å². The van der Waals surface area contributed by atoms with E-state index in [-0.39, 0.29) is 6.04 Å². The average molecular weight is 323 g/mol. The Morgan fingerprint density at radius 1 is 1.00 bits per heavy atom. The summed E-state index contributed by atoms with van der Waals surface area (Å²) in [6.07, 6.45) is 0. The first kappa shape index (κ1) is 15.8. The molecule has 0 saturated heterocycles. The quantitative estimate of drug-likeness (QED) is 0.718. The van der Waals surface area contributed by atoms with Crippen LogP contribution in [-0.4, -0.2) is 0 Å². The third-order valence-corrected chi connectivity index (χ3v) is 4.87. The molecular formula is C20H21NOS. The Bertz CT molecular complexity index is 743. The monoisotopic (exact) mass is 323 g/mol. The van der Waals surface area contributed by atoms with E-state index < -0.39 is 0 Å². The van der Waals surface area contributed by atoms with Gasteiger partial charge in [0.05, 0.1) is 6.04 Å². The molecule has 2 nitrogen and oxygen atoms in total. The summed E-state index contributed by atoms with van der Waals surface area (Å²) in [4.78, 5) is 1.18. The number of hydrogen-bond donors (Lipinski definition) is 1. The van der Waals surface area contributed by atoms with Gasteiger partial charge in [0.15, 0.2) is 0 Å². The van der Waals surface area contributed by atoms with Gasteiger partial charge in [-0.05, 0) is 47.5 Å². The molecule has 1 heterocycles. The van der Waals surface area contributed by atoms with E-state index >= 15 is 0 Å². The standard InChI is InChI=1S/C20H21NOS/c1-14-11-17(19(21)18-9-6-10-23-18)12-15(2)20(14)22-13-16-7-4-3-5-8-16/h3-12,19H,13,21H2,1-2H3/t19-/m0/s1. The minimum Gasteiger partial charge on any atom is -0.488 e. The van der Waals surface area contributed by atoms with Crippen molar-refractivity contribution in [3.05, 3.63) is 87.1 Å². The first-order chi connectivity index (χ1) is 11.1. The Kier molecular flexibility index (Phi) is 4.79. The molecule has 0 spiro atoms. The number of nitrogens with two attached hydrogens (primary N) is 1. The molecule has 2 N–H and O–H groups in total. The summed E-state index contributed by atoms with van der Waals surface area (Å²) in [5.41, 5.74) is 10.9. The zero-order valence-corrected chi connectivity index (χ0v) is 14.3. The molecule has 0 bridgehead atoms. The van der Waals surface area contributed by atoms with Crippen LogP contribution in [0, 0.1) is 13.8 Å². The molecule has 0 unspecified atom stereocenters. The lowest BCUT2D eigenvalue weighted by Gasteiger charge is -2.17. The van der Waals surface area contributed by atoms with E-state index in [1.54, 1.807) is 11.3 Å². The van der Waals surface area contributed by atoms with E-state index in [0.29, 0.717) is 6.61 Å². The Balaban J connectivity index is 1.80. The first-order valence-electron chi connectivity index (χ1n) is 7.72. The molecule has 0 aliphatic heterocycles. The summed E-state index contributed by atoms with van der Waals surface area (Å²) in [5.74, 6) is 0.955. The Morgan fingerprint density at radius 2 is 1.70 bits per heavy atom. The summed E-state index contributed by atoms with van der Waals surface area (Å²) in [6, 6.07) is 18.5. The van der Waals surface area contributed by atoms with Crippen LogP contribution in [0.25, 0.3) is 0 Å². The maximum absolute atomic E-state index is 6.38. The molecule has 2 aromatic carbocycles. The van der Waals surface area contributed by atoms with Crippen molar-refractivity contribution in [2.75, 3.05) is 0 Å². The van der Waals surface area contributed by atoms with Crippen LogP contribution in [0.4, 0.5) is 0 Å². The fourth-order valence-electron chi connectivity index (χ4n) is 2.75. The largest absolute Gasteiger partial charge is 0.488 e. The number of benzene rings is 2. The predicted molar refractivity (Wildman–Crippen MR) is 97.0 cm³/mol. The van der Waals surface area contributed by atoms with Crippen molar-refractivity contribution < 1.29 is 4.74 Å². The van der Waals surface area contributed by atoms with Gasteiger partial charge in [0.25, 0.3) is 0 Å². The molecule has 23 heavy (non-hydrogen) atoms. The van der Waals surface area contributed by atoms with Crippen LogP contribution in [-0.2, 0) is 6.61 Å². The molecule has 1 aromatic heterocycles. The highest BCUT2D eigenvalue weighted by Gasteiger charge is 2.14. The normalized spacial score (nSPS) is 12.1. The van der Waals surface area contributed by atoms with Gasteiger partial charge in [-0.1, -0.05) is 48.5 Å². The predicted octanol–water partition coefficient (Wildman–Crippen LogP) is 4.99. The highest BCUT2D eigenvalue weighted by Crippen LogP contribution is 2.31. The first-order valence-corrected chi connectivity index (χ1v) is 8.60. The van der Waals surface area contributed by atoms with E-state index in [1.807, 2.05) is 24.3 Å². The molecule has 118 valence electrons. The van der Waals surface area contributed by atoms with Gasteiger partial charge in [-0.2, -0.15) is 0 Å². The van der Waals surface area contributed by atoms with Gasteiger partial charge in [0.2, 0.25) is 0 Å². The molecule has 3 heteroatoms. The highest BCUT2D eigenvalue weighted by molar-refractivity contribution is 7.10. The molecule has 0 saturated carbocycles. The molecule has 0 fully saturated rings. The van der Waals surface area contributed by atoms with Crippen LogP contribution in [0.3, 0.4) is 0 Å². The van der Waals surface area contributed by atoms with Gasteiger partial charge in [0, 0.05) is 4.88 Å². The van der Waals surface area contributed by atoms with E-state index in [2.05, 4.69) is 49.6 Å². The topological polar surface area (TPSA) is 35.2 Å². The van der Waals surface area contributed by atoms with Gasteiger partial charge in [-0.15, -0.1) is 11.3 Å². The van der Waals surface area contributed by atoms with Crippen molar-refractivity contribution in [1.29, 1.82) is 0 Å². The van der Waals surface area contributed by atoms with Crippen molar-refractivity contribution in [1.82, 2.24) is 0 Å². The third kappa shape index (κ3) is 3.63. The second kappa shape index (κ2) is 6.99. The lowest BCUT2D eigenvalue weighted by Crippen LogP contribution is -2.11. The molecule has 3 aromatic rings. The van der Waals surface area contributed by atoms with Crippen molar-refractivity contribution in [3.63, 3.8) is 0 Å². The SMILES string of the molecule is Cc1cc([C@H](N)c2cccs2)cc(C)c1OCc1ccccc1. The number of rotatable bonds is 5. The molecule has 0 aliphatic rings. The molecule has 0 aliphatic carbocycles. The molecule has 3 rings (SSSR count). The van der Waals surface area contributed by atoms with Crippen LogP contribution in [0.1, 0.15) is 33.2 Å². The van der Waals surface area contributed by atoms with Gasteiger partial charge < -0.3 is 10.5 Å². The van der Waals surface area contributed by atoms with Crippen LogP contribution in [0.5, 0.6) is 5.75 Å². The van der Waals surface area contributed by atoms with Crippen LogP contribution in [0.15, 0.2) is 60.0 Å². The average Bonchev–Trinajstić information content (AvgIpc) is 3.08.